The van der Waals surface area contributed by atoms with Gasteiger partial charge in [-0.25, -0.2) is 4.90 Å². The van der Waals surface area contributed by atoms with Crippen LogP contribution < -0.4 is 15.5 Å². The van der Waals surface area contributed by atoms with Crippen molar-refractivity contribution in [1.82, 2.24) is 5.32 Å². The summed E-state index contributed by atoms with van der Waals surface area (Å²) in [6.07, 6.45) is 0.495. The van der Waals surface area contributed by atoms with Gasteiger partial charge in [-0.05, 0) is 49.2 Å². The molecule has 7 nitrogen and oxygen atoms in total. The molecule has 3 amide bonds. The third-order valence-electron chi connectivity index (χ3n) is 7.45. The van der Waals surface area contributed by atoms with Gasteiger partial charge in [-0.3, -0.25) is 24.5 Å². The van der Waals surface area contributed by atoms with Crippen LogP contribution in [0.1, 0.15) is 28.4 Å². The summed E-state index contributed by atoms with van der Waals surface area (Å²) in [6, 6.07) is 23.1. The molecule has 3 aliphatic heterocycles. The average molecular weight is 466 g/mol. The predicted molar refractivity (Wildman–Crippen MR) is 130 cm³/mol. The molecule has 35 heavy (non-hydrogen) atoms. The number of ketones is 1. The number of nitrogens with zero attached hydrogens (tertiary/aromatic N) is 1. The van der Waals surface area contributed by atoms with Crippen LogP contribution in [0.2, 0.25) is 0 Å². The van der Waals surface area contributed by atoms with Crippen molar-refractivity contribution in [3.8, 4) is 0 Å². The molecule has 3 aliphatic rings. The maximum atomic E-state index is 13.9. The lowest BCUT2D eigenvalue weighted by molar-refractivity contribution is -0.130. The molecule has 0 saturated carbocycles. The summed E-state index contributed by atoms with van der Waals surface area (Å²) in [6.45, 7) is 1.46. The van der Waals surface area contributed by atoms with Gasteiger partial charge in [0.25, 0.3) is 0 Å². The number of carbonyl (C=O) groups excluding carboxylic acids is 4. The summed E-state index contributed by atoms with van der Waals surface area (Å²) in [5.41, 5.74) is 1.91. The lowest BCUT2D eigenvalue weighted by Crippen LogP contribution is -2.53. The van der Waals surface area contributed by atoms with E-state index >= 15 is 0 Å². The number of benzene rings is 3. The summed E-state index contributed by atoms with van der Waals surface area (Å²) in [7, 11) is 0. The predicted octanol–water partition coefficient (Wildman–Crippen LogP) is 3.06. The van der Waals surface area contributed by atoms with Gasteiger partial charge in [0.1, 0.15) is 5.54 Å². The van der Waals surface area contributed by atoms with Crippen LogP contribution in [0.5, 0.6) is 0 Å². The number of para-hydroxylation sites is 1. The fraction of sp³-hybridized carbons (Fsp3) is 0.214. The van der Waals surface area contributed by atoms with Gasteiger partial charge in [-0.1, -0.05) is 48.5 Å². The number of carbonyl (C=O) groups is 4. The van der Waals surface area contributed by atoms with Crippen molar-refractivity contribution in [1.29, 1.82) is 0 Å². The van der Waals surface area contributed by atoms with Gasteiger partial charge in [-0.2, -0.15) is 0 Å². The van der Waals surface area contributed by atoms with Crippen LogP contribution >= 0.6 is 0 Å². The summed E-state index contributed by atoms with van der Waals surface area (Å²) in [4.78, 5) is 54.2. The van der Waals surface area contributed by atoms with Crippen molar-refractivity contribution in [2.24, 2.45) is 11.8 Å². The normalized spacial score (nSPS) is 26.7. The molecule has 0 bridgehead atoms. The Morgan fingerprint density at radius 1 is 0.886 bits per heavy atom. The molecule has 0 aliphatic carbocycles. The number of anilines is 2. The summed E-state index contributed by atoms with van der Waals surface area (Å²) >= 11 is 0. The van der Waals surface area contributed by atoms with E-state index in [1.54, 1.807) is 24.3 Å². The Balaban J connectivity index is 1.47. The zero-order valence-corrected chi connectivity index (χ0v) is 19.0. The number of imide groups is 1. The first-order chi connectivity index (χ1) is 16.9. The van der Waals surface area contributed by atoms with Gasteiger partial charge in [-0.15, -0.1) is 0 Å². The Kier molecular flexibility index (Phi) is 4.72. The van der Waals surface area contributed by atoms with E-state index in [2.05, 4.69) is 10.6 Å². The van der Waals surface area contributed by atoms with E-state index in [0.29, 0.717) is 28.9 Å². The number of amides is 3. The van der Waals surface area contributed by atoms with Crippen molar-refractivity contribution < 1.29 is 19.2 Å². The van der Waals surface area contributed by atoms with Gasteiger partial charge in [0, 0.05) is 22.9 Å². The van der Waals surface area contributed by atoms with Crippen molar-refractivity contribution in [3.63, 3.8) is 0 Å². The SMILES string of the molecule is CC(=O)c1ccc(N2C(=O)[C@H]3[C@H](Cc4ccccc4)N[C@]4(C(=O)Nc5ccccc54)[C@@H]3C2=O)cc1. The van der Waals surface area contributed by atoms with Crippen LogP contribution in [0, 0.1) is 11.8 Å². The molecule has 2 saturated heterocycles. The van der Waals surface area contributed by atoms with Gasteiger partial charge in [0.05, 0.1) is 17.5 Å². The molecule has 0 aromatic heterocycles. The van der Waals surface area contributed by atoms with E-state index in [0.717, 1.165) is 5.56 Å². The Morgan fingerprint density at radius 3 is 2.29 bits per heavy atom. The molecule has 4 atom stereocenters. The Labute approximate surface area is 202 Å². The topological polar surface area (TPSA) is 95.6 Å². The van der Waals surface area contributed by atoms with Crippen molar-refractivity contribution in [2.45, 2.75) is 24.9 Å². The maximum absolute atomic E-state index is 13.9. The Hall–Kier alpha value is -4.10. The third-order valence-corrected chi connectivity index (χ3v) is 7.45. The molecule has 174 valence electrons. The molecule has 3 aromatic carbocycles. The van der Waals surface area contributed by atoms with Crippen LogP contribution in [0.3, 0.4) is 0 Å². The monoisotopic (exact) mass is 465 g/mol. The second kappa shape index (κ2) is 7.71. The standard InChI is InChI=1S/C28H23N3O4/c1-16(32)18-11-13-19(14-12-18)31-25(33)23-22(15-17-7-3-2-4-8-17)30-28(24(23)26(31)34)20-9-5-6-10-21(20)29-27(28)35/h2-14,22-24,30H,15H2,1H3,(H,29,35)/t22-,23-,24-,28-/m0/s1. The number of hydrogen-bond donors (Lipinski definition) is 2. The van der Waals surface area contributed by atoms with E-state index in [1.165, 1.54) is 11.8 Å². The number of nitrogens with one attached hydrogen (secondary N) is 2. The molecular weight excluding hydrogens is 442 g/mol. The Bertz CT molecular complexity index is 1380. The molecule has 1 spiro atoms. The van der Waals surface area contributed by atoms with Crippen molar-refractivity contribution in [2.75, 3.05) is 10.2 Å². The molecule has 3 aromatic rings. The third kappa shape index (κ3) is 3.01. The second-order valence-corrected chi connectivity index (χ2v) is 9.37. The van der Waals surface area contributed by atoms with E-state index in [-0.39, 0.29) is 17.6 Å². The zero-order valence-electron chi connectivity index (χ0n) is 19.0. The minimum absolute atomic E-state index is 0.0993. The molecule has 6 rings (SSSR count). The highest BCUT2D eigenvalue weighted by molar-refractivity contribution is 6.25. The molecule has 0 radical (unpaired) electrons. The zero-order chi connectivity index (χ0) is 24.3. The lowest BCUT2D eigenvalue weighted by atomic mass is 9.76. The van der Waals surface area contributed by atoms with Crippen LogP contribution in [-0.4, -0.2) is 29.5 Å². The first-order valence-corrected chi connectivity index (χ1v) is 11.6. The van der Waals surface area contributed by atoms with Crippen LogP contribution in [-0.2, 0) is 26.3 Å². The number of fused-ring (bicyclic) bond motifs is 4. The fourth-order valence-electron chi connectivity index (χ4n) is 5.90. The molecule has 7 heteroatoms. The van der Waals surface area contributed by atoms with Gasteiger partial charge in [0.2, 0.25) is 17.7 Å². The minimum atomic E-state index is -1.33. The highest BCUT2D eigenvalue weighted by atomic mass is 16.2. The van der Waals surface area contributed by atoms with Crippen LogP contribution in [0.4, 0.5) is 11.4 Å². The average Bonchev–Trinajstić information content (AvgIpc) is 3.44. The highest BCUT2D eigenvalue weighted by Crippen LogP contribution is 2.53. The Morgan fingerprint density at radius 2 is 1.57 bits per heavy atom. The maximum Gasteiger partial charge on any atom is 0.250 e. The lowest BCUT2D eigenvalue weighted by Gasteiger charge is -2.29. The number of Topliss-reactive ketones (excluding diaryl/α,β-unsaturated/α-hetero) is 1. The largest absolute Gasteiger partial charge is 0.324 e. The van der Waals surface area contributed by atoms with E-state index in [9.17, 15) is 19.2 Å². The van der Waals surface area contributed by atoms with Crippen LogP contribution in [0.25, 0.3) is 0 Å². The highest BCUT2D eigenvalue weighted by Gasteiger charge is 2.70. The quantitative estimate of drug-likeness (QED) is 0.456. The first-order valence-electron chi connectivity index (χ1n) is 11.6. The van der Waals surface area contributed by atoms with E-state index in [4.69, 9.17) is 0 Å². The first kappa shape index (κ1) is 21.4. The van der Waals surface area contributed by atoms with Gasteiger partial charge in [0.15, 0.2) is 5.78 Å². The fourth-order valence-corrected chi connectivity index (χ4v) is 5.90. The van der Waals surface area contributed by atoms with Gasteiger partial charge >= 0.3 is 0 Å². The molecule has 2 N–H and O–H groups in total. The summed E-state index contributed by atoms with van der Waals surface area (Å²) < 4.78 is 0. The molecule has 3 heterocycles. The van der Waals surface area contributed by atoms with Gasteiger partial charge < -0.3 is 5.32 Å². The van der Waals surface area contributed by atoms with E-state index in [1.807, 2.05) is 54.6 Å². The second-order valence-electron chi connectivity index (χ2n) is 9.37. The molecule has 2 fully saturated rings. The van der Waals surface area contributed by atoms with Crippen LogP contribution in [0.15, 0.2) is 78.9 Å². The molecule has 0 unspecified atom stereocenters. The van der Waals surface area contributed by atoms with E-state index < -0.39 is 29.3 Å². The minimum Gasteiger partial charge on any atom is -0.324 e. The summed E-state index contributed by atoms with van der Waals surface area (Å²) in [5.74, 6) is -2.77. The number of rotatable bonds is 4. The summed E-state index contributed by atoms with van der Waals surface area (Å²) in [5, 5.41) is 6.37. The molecular formula is C28H23N3O4. The number of hydrogen-bond acceptors (Lipinski definition) is 5. The van der Waals surface area contributed by atoms with Crippen molar-refractivity contribution in [3.05, 3.63) is 95.6 Å². The van der Waals surface area contributed by atoms with Crippen molar-refractivity contribution >= 4 is 34.9 Å². The smallest absolute Gasteiger partial charge is 0.250 e.